The second-order valence-corrected chi connectivity index (χ2v) is 8.49. The van der Waals surface area contributed by atoms with Gasteiger partial charge in [-0.2, -0.15) is 0 Å². The van der Waals surface area contributed by atoms with Crippen molar-refractivity contribution in [1.29, 1.82) is 0 Å². The van der Waals surface area contributed by atoms with Crippen LogP contribution in [0.15, 0.2) is 47.2 Å². The Morgan fingerprint density at radius 3 is 2.63 bits per heavy atom. The molecule has 0 aliphatic carbocycles. The maximum Gasteiger partial charge on any atom is 0.335 e. The van der Waals surface area contributed by atoms with Gasteiger partial charge >= 0.3 is 5.97 Å². The van der Waals surface area contributed by atoms with E-state index in [9.17, 15) is 4.79 Å². The Balaban J connectivity index is 1.56. The number of hydrogen-bond acceptors (Lipinski definition) is 5. The molecule has 2 aromatic heterocycles. The van der Waals surface area contributed by atoms with E-state index in [2.05, 4.69) is 31.1 Å². The molecule has 0 atom stereocenters. The van der Waals surface area contributed by atoms with Crippen molar-refractivity contribution in [3.8, 4) is 11.3 Å². The van der Waals surface area contributed by atoms with Crippen molar-refractivity contribution < 1.29 is 9.90 Å². The molecule has 0 spiro atoms. The Morgan fingerprint density at radius 1 is 1.13 bits per heavy atom. The molecule has 0 amide bonds. The van der Waals surface area contributed by atoms with Crippen molar-refractivity contribution in [2.24, 2.45) is 0 Å². The van der Waals surface area contributed by atoms with Gasteiger partial charge in [0.25, 0.3) is 0 Å². The predicted molar refractivity (Wildman–Crippen MR) is 123 cm³/mol. The molecule has 2 N–H and O–H groups in total. The summed E-state index contributed by atoms with van der Waals surface area (Å²) in [5.74, 6) is -0.932. The summed E-state index contributed by atoms with van der Waals surface area (Å²) in [6.45, 7) is 4.41. The summed E-state index contributed by atoms with van der Waals surface area (Å²) in [6, 6.07) is 8.83. The van der Waals surface area contributed by atoms with E-state index in [1.807, 2.05) is 12.3 Å². The van der Waals surface area contributed by atoms with Gasteiger partial charge in [0, 0.05) is 35.6 Å². The zero-order valence-electron chi connectivity index (χ0n) is 16.8. The number of piperidine rings is 1. The quantitative estimate of drug-likeness (QED) is 0.472. The van der Waals surface area contributed by atoms with Gasteiger partial charge in [-0.1, -0.05) is 18.6 Å². The Kier molecular flexibility index (Phi) is 6.59. The van der Waals surface area contributed by atoms with Crippen LogP contribution in [0.5, 0.6) is 0 Å². The maximum atomic E-state index is 11.1. The van der Waals surface area contributed by atoms with E-state index in [1.165, 1.54) is 32.4 Å². The van der Waals surface area contributed by atoms with Crippen LogP contribution in [0, 0.1) is 0 Å². The highest BCUT2D eigenvalue weighted by Gasteiger charge is 2.12. The average molecular weight is 469 g/mol. The smallest absolute Gasteiger partial charge is 0.335 e. The molecule has 30 heavy (non-hydrogen) atoms. The fourth-order valence-electron chi connectivity index (χ4n) is 3.89. The van der Waals surface area contributed by atoms with Crippen molar-refractivity contribution in [1.82, 2.24) is 14.9 Å². The molecule has 1 aliphatic heterocycles. The summed E-state index contributed by atoms with van der Waals surface area (Å²) in [6.07, 6.45) is 8.63. The van der Waals surface area contributed by atoms with E-state index >= 15 is 0 Å². The standard InChI is InChI=1S/C23H25BrN4O2/c24-19-15-25-14-18-21(26-9-4-12-28-10-2-1-3-11-28)13-20(27-22(18)19)16-5-7-17(8-6-16)23(29)30/h5-8,13-15H,1-4,9-12H2,(H,26,27)(H,29,30). The van der Waals surface area contributed by atoms with Crippen LogP contribution in [0.25, 0.3) is 22.2 Å². The van der Waals surface area contributed by atoms with Crippen molar-refractivity contribution in [3.05, 3.63) is 52.8 Å². The third-order valence-corrected chi connectivity index (χ3v) is 6.10. The molecular weight excluding hydrogens is 444 g/mol. The Bertz CT molecular complexity index is 1030. The number of aromatic nitrogens is 2. The fourth-order valence-corrected chi connectivity index (χ4v) is 4.31. The van der Waals surface area contributed by atoms with Crippen molar-refractivity contribution >= 4 is 38.5 Å². The molecule has 3 aromatic rings. The Morgan fingerprint density at radius 2 is 1.90 bits per heavy atom. The molecule has 0 bridgehead atoms. The van der Waals surface area contributed by atoms with E-state index in [-0.39, 0.29) is 5.56 Å². The van der Waals surface area contributed by atoms with Crippen LogP contribution >= 0.6 is 15.9 Å². The number of nitrogens with one attached hydrogen (secondary N) is 1. The lowest BCUT2D eigenvalue weighted by Gasteiger charge is -2.26. The van der Waals surface area contributed by atoms with Crippen molar-refractivity contribution in [2.75, 3.05) is 31.5 Å². The molecule has 156 valence electrons. The number of likely N-dealkylation sites (tertiary alicyclic amines) is 1. The number of hydrogen-bond donors (Lipinski definition) is 2. The first-order chi connectivity index (χ1) is 14.6. The summed E-state index contributed by atoms with van der Waals surface area (Å²) >= 11 is 3.57. The molecule has 1 aliphatic rings. The van der Waals surface area contributed by atoms with Gasteiger partial charge in [0.2, 0.25) is 0 Å². The lowest BCUT2D eigenvalue weighted by Crippen LogP contribution is -2.31. The molecule has 0 unspecified atom stereocenters. The summed E-state index contributed by atoms with van der Waals surface area (Å²) in [4.78, 5) is 22.8. The number of pyridine rings is 2. The van der Waals surface area contributed by atoms with E-state index in [0.29, 0.717) is 0 Å². The molecule has 4 rings (SSSR count). The molecule has 6 nitrogen and oxygen atoms in total. The van der Waals surface area contributed by atoms with Crippen LogP contribution in [-0.4, -0.2) is 52.1 Å². The van der Waals surface area contributed by atoms with Gasteiger partial charge in [-0.25, -0.2) is 9.78 Å². The molecule has 1 fully saturated rings. The molecule has 3 heterocycles. The number of carboxylic acids is 1. The van der Waals surface area contributed by atoms with Crippen LogP contribution in [0.4, 0.5) is 5.69 Å². The fraction of sp³-hybridized carbons (Fsp3) is 0.348. The Labute approximate surface area is 184 Å². The lowest BCUT2D eigenvalue weighted by atomic mass is 10.1. The first-order valence-electron chi connectivity index (χ1n) is 10.4. The number of aromatic carboxylic acids is 1. The number of rotatable bonds is 7. The number of halogens is 1. The number of benzene rings is 1. The van der Waals surface area contributed by atoms with Crippen LogP contribution in [0.3, 0.4) is 0 Å². The third-order valence-electron chi connectivity index (χ3n) is 5.52. The molecule has 7 heteroatoms. The average Bonchev–Trinajstić information content (AvgIpc) is 2.78. The van der Waals surface area contributed by atoms with Crippen LogP contribution < -0.4 is 5.32 Å². The van der Waals surface area contributed by atoms with Gasteiger partial charge in [0.1, 0.15) is 0 Å². The second-order valence-electron chi connectivity index (χ2n) is 7.64. The minimum Gasteiger partial charge on any atom is -0.478 e. The largest absolute Gasteiger partial charge is 0.478 e. The van der Waals surface area contributed by atoms with Gasteiger partial charge in [0.05, 0.1) is 21.2 Å². The van der Waals surface area contributed by atoms with E-state index in [1.54, 1.807) is 30.5 Å². The van der Waals surface area contributed by atoms with Gasteiger partial charge in [-0.05, 0) is 73.0 Å². The zero-order chi connectivity index (χ0) is 20.9. The molecule has 0 radical (unpaired) electrons. The molecular formula is C23H25BrN4O2. The highest BCUT2D eigenvalue weighted by molar-refractivity contribution is 9.10. The number of carboxylic acid groups (broad SMARTS) is 1. The van der Waals surface area contributed by atoms with E-state index in [4.69, 9.17) is 10.1 Å². The van der Waals surface area contributed by atoms with Crippen molar-refractivity contribution in [2.45, 2.75) is 25.7 Å². The first-order valence-corrected chi connectivity index (χ1v) is 11.2. The highest BCUT2D eigenvalue weighted by Crippen LogP contribution is 2.31. The van der Waals surface area contributed by atoms with Gasteiger partial charge < -0.3 is 15.3 Å². The van der Waals surface area contributed by atoms with Crippen LogP contribution in [0.2, 0.25) is 0 Å². The van der Waals surface area contributed by atoms with E-state index < -0.39 is 5.97 Å². The maximum absolute atomic E-state index is 11.1. The Hall–Kier alpha value is -2.51. The monoisotopic (exact) mass is 468 g/mol. The summed E-state index contributed by atoms with van der Waals surface area (Å²) < 4.78 is 0.834. The summed E-state index contributed by atoms with van der Waals surface area (Å²) in [7, 11) is 0. The summed E-state index contributed by atoms with van der Waals surface area (Å²) in [5.41, 5.74) is 3.76. The van der Waals surface area contributed by atoms with Gasteiger partial charge in [-0.15, -0.1) is 0 Å². The highest BCUT2D eigenvalue weighted by atomic mass is 79.9. The minimum absolute atomic E-state index is 0.265. The topological polar surface area (TPSA) is 78.4 Å². The SMILES string of the molecule is O=C(O)c1ccc(-c2cc(NCCCN3CCCCC3)c3cncc(Br)c3n2)cc1. The van der Waals surface area contributed by atoms with E-state index in [0.717, 1.165) is 51.8 Å². The van der Waals surface area contributed by atoms with Crippen LogP contribution in [-0.2, 0) is 0 Å². The minimum atomic E-state index is -0.932. The number of nitrogens with zero attached hydrogens (tertiary/aromatic N) is 3. The summed E-state index contributed by atoms with van der Waals surface area (Å²) in [5, 5.41) is 13.7. The predicted octanol–water partition coefficient (Wildman–Crippen LogP) is 5.05. The second kappa shape index (κ2) is 9.53. The number of fused-ring (bicyclic) bond motifs is 1. The molecule has 1 saturated heterocycles. The van der Waals surface area contributed by atoms with Gasteiger partial charge in [0.15, 0.2) is 0 Å². The molecule has 0 saturated carbocycles. The lowest BCUT2D eigenvalue weighted by molar-refractivity contribution is 0.0697. The number of carbonyl (C=O) groups is 1. The van der Waals surface area contributed by atoms with Crippen LogP contribution in [0.1, 0.15) is 36.0 Å². The van der Waals surface area contributed by atoms with Gasteiger partial charge in [-0.3, -0.25) is 4.98 Å². The number of anilines is 1. The first kappa shape index (κ1) is 20.8. The zero-order valence-corrected chi connectivity index (χ0v) is 18.4. The van der Waals surface area contributed by atoms with Crippen molar-refractivity contribution in [3.63, 3.8) is 0 Å². The molecule has 1 aromatic carbocycles. The third kappa shape index (κ3) is 4.79. The normalized spacial score (nSPS) is 14.7.